The van der Waals surface area contributed by atoms with Gasteiger partial charge in [0.2, 0.25) is 0 Å². The van der Waals surface area contributed by atoms with E-state index in [0.717, 1.165) is 5.56 Å². The number of rotatable bonds is 2. The molecular weight excluding hydrogens is 274 g/mol. The Morgan fingerprint density at radius 1 is 1.38 bits per heavy atom. The molecule has 6 heteroatoms. The minimum atomic E-state index is -0.883. The number of hydrogen-bond acceptors (Lipinski definition) is 4. The molecule has 0 saturated carbocycles. The second-order valence-electron chi connectivity index (χ2n) is 5.97. The summed E-state index contributed by atoms with van der Waals surface area (Å²) in [6, 6.07) is 5.24. The van der Waals surface area contributed by atoms with Crippen molar-refractivity contribution >= 4 is 17.7 Å². The van der Waals surface area contributed by atoms with E-state index < -0.39 is 23.6 Å². The maximum Gasteiger partial charge on any atom is 0.412 e. The van der Waals surface area contributed by atoms with Crippen molar-refractivity contribution in [3.63, 3.8) is 0 Å². The molecular formula is C15H19NO5. The summed E-state index contributed by atoms with van der Waals surface area (Å²) in [5, 5.41) is 11.7. The number of ether oxygens (including phenoxy) is 2. The number of carbonyl (C=O) groups excluding carboxylic acids is 1. The van der Waals surface area contributed by atoms with Crippen LogP contribution in [0.2, 0.25) is 0 Å². The molecule has 0 bridgehead atoms. The van der Waals surface area contributed by atoms with Crippen LogP contribution >= 0.6 is 0 Å². The van der Waals surface area contributed by atoms with Gasteiger partial charge < -0.3 is 14.6 Å². The Morgan fingerprint density at radius 2 is 2.10 bits per heavy atom. The second-order valence-corrected chi connectivity index (χ2v) is 5.97. The number of aliphatic carboxylic acids is 1. The highest BCUT2D eigenvalue weighted by atomic mass is 16.6. The molecule has 0 aliphatic carbocycles. The molecule has 0 saturated heterocycles. The van der Waals surface area contributed by atoms with E-state index in [1.807, 2.05) is 0 Å². The van der Waals surface area contributed by atoms with E-state index in [1.54, 1.807) is 39.0 Å². The summed E-state index contributed by atoms with van der Waals surface area (Å²) in [6.07, 6.45) is -0.186. The van der Waals surface area contributed by atoms with E-state index in [1.165, 1.54) is 0 Å². The van der Waals surface area contributed by atoms with Gasteiger partial charge in [-0.25, -0.2) is 4.79 Å². The summed E-state index contributed by atoms with van der Waals surface area (Å²) in [5.41, 5.74) is 0.668. The fourth-order valence-corrected chi connectivity index (χ4v) is 2.09. The molecule has 0 fully saturated rings. The van der Waals surface area contributed by atoms with Gasteiger partial charge in [0, 0.05) is 0 Å². The van der Waals surface area contributed by atoms with Gasteiger partial charge in [0.05, 0.1) is 11.6 Å². The van der Waals surface area contributed by atoms with Crippen LogP contribution in [0.4, 0.5) is 10.5 Å². The molecule has 6 nitrogen and oxygen atoms in total. The summed E-state index contributed by atoms with van der Waals surface area (Å²) in [6.45, 7) is 5.43. The number of carboxylic acid groups (broad SMARTS) is 1. The maximum atomic E-state index is 11.8. The van der Waals surface area contributed by atoms with Gasteiger partial charge in [-0.3, -0.25) is 10.1 Å². The summed E-state index contributed by atoms with van der Waals surface area (Å²) in [5.74, 6) is -0.929. The first-order valence-corrected chi connectivity index (χ1v) is 6.74. The van der Waals surface area contributed by atoms with E-state index in [4.69, 9.17) is 14.6 Å². The molecule has 1 aromatic rings. The predicted molar refractivity (Wildman–Crippen MR) is 76.6 cm³/mol. The van der Waals surface area contributed by atoms with Crippen molar-refractivity contribution in [2.75, 3.05) is 11.9 Å². The average molecular weight is 293 g/mol. The normalized spacial score (nSPS) is 17.4. The average Bonchev–Trinajstić information content (AvgIpc) is 2.36. The number of para-hydroxylation sites is 1. The first-order chi connectivity index (χ1) is 9.76. The predicted octanol–water partition coefficient (Wildman–Crippen LogP) is 2.67. The van der Waals surface area contributed by atoms with Gasteiger partial charge in [-0.05, 0) is 38.8 Å². The van der Waals surface area contributed by atoms with Crippen LogP contribution in [0.3, 0.4) is 0 Å². The van der Waals surface area contributed by atoms with Gasteiger partial charge in [-0.1, -0.05) is 12.1 Å². The third-order valence-corrected chi connectivity index (χ3v) is 2.98. The van der Waals surface area contributed by atoms with Crippen molar-refractivity contribution in [2.45, 2.75) is 32.8 Å². The molecule has 0 aromatic heterocycles. The van der Waals surface area contributed by atoms with Crippen LogP contribution in [0.1, 0.15) is 26.3 Å². The van der Waals surface area contributed by atoms with Gasteiger partial charge in [0.1, 0.15) is 18.0 Å². The highest BCUT2D eigenvalue weighted by Gasteiger charge is 2.28. The lowest BCUT2D eigenvalue weighted by molar-refractivity contribution is -0.143. The van der Waals surface area contributed by atoms with Crippen molar-refractivity contribution < 1.29 is 24.2 Å². The lowest BCUT2D eigenvalue weighted by Gasteiger charge is -2.25. The molecule has 114 valence electrons. The van der Waals surface area contributed by atoms with E-state index in [-0.39, 0.29) is 6.61 Å². The highest BCUT2D eigenvalue weighted by molar-refractivity contribution is 5.87. The van der Waals surface area contributed by atoms with E-state index in [2.05, 4.69) is 5.32 Å². The quantitative estimate of drug-likeness (QED) is 0.875. The van der Waals surface area contributed by atoms with E-state index in [0.29, 0.717) is 17.9 Å². The molecule has 1 atom stereocenters. The molecule has 2 N–H and O–H groups in total. The number of amides is 1. The van der Waals surface area contributed by atoms with Crippen LogP contribution in [0.15, 0.2) is 18.2 Å². The van der Waals surface area contributed by atoms with Gasteiger partial charge in [0.15, 0.2) is 0 Å². The van der Waals surface area contributed by atoms with Crippen molar-refractivity contribution in [1.82, 2.24) is 0 Å². The largest absolute Gasteiger partial charge is 0.490 e. The lowest BCUT2D eigenvalue weighted by Crippen LogP contribution is -2.30. The Balaban J connectivity index is 2.15. The molecule has 21 heavy (non-hydrogen) atoms. The minimum Gasteiger partial charge on any atom is -0.490 e. The minimum absolute atomic E-state index is 0.0926. The number of nitrogens with one attached hydrogen (secondary N) is 1. The maximum absolute atomic E-state index is 11.8. The zero-order valence-electron chi connectivity index (χ0n) is 12.3. The third kappa shape index (κ3) is 3.87. The summed E-state index contributed by atoms with van der Waals surface area (Å²) in [7, 11) is 0. The number of fused-ring (bicyclic) bond motifs is 1. The smallest absolute Gasteiger partial charge is 0.412 e. The van der Waals surface area contributed by atoms with Gasteiger partial charge >= 0.3 is 12.1 Å². The summed E-state index contributed by atoms with van der Waals surface area (Å²) < 4.78 is 10.7. The fourth-order valence-electron chi connectivity index (χ4n) is 2.09. The number of carbonyl (C=O) groups is 2. The monoisotopic (exact) mass is 293 g/mol. The van der Waals surface area contributed by atoms with Crippen LogP contribution < -0.4 is 10.1 Å². The molecule has 0 spiro atoms. The number of benzene rings is 1. The van der Waals surface area contributed by atoms with Crippen LogP contribution in [0.5, 0.6) is 5.75 Å². The van der Waals surface area contributed by atoms with Crippen LogP contribution in [-0.4, -0.2) is 29.4 Å². The Hall–Kier alpha value is -2.24. The van der Waals surface area contributed by atoms with Crippen molar-refractivity contribution in [1.29, 1.82) is 0 Å². The van der Waals surface area contributed by atoms with Crippen LogP contribution in [0, 0.1) is 5.92 Å². The van der Waals surface area contributed by atoms with E-state index >= 15 is 0 Å². The van der Waals surface area contributed by atoms with Crippen molar-refractivity contribution in [2.24, 2.45) is 5.92 Å². The van der Waals surface area contributed by atoms with Gasteiger partial charge in [-0.15, -0.1) is 0 Å². The fraction of sp³-hybridized carbons (Fsp3) is 0.467. The highest BCUT2D eigenvalue weighted by Crippen LogP contribution is 2.34. The van der Waals surface area contributed by atoms with Crippen molar-refractivity contribution in [3.8, 4) is 5.75 Å². The Kier molecular flexibility index (Phi) is 4.06. The molecule has 1 unspecified atom stereocenters. The van der Waals surface area contributed by atoms with Crippen LogP contribution in [-0.2, 0) is 16.0 Å². The Morgan fingerprint density at radius 3 is 2.71 bits per heavy atom. The van der Waals surface area contributed by atoms with E-state index in [9.17, 15) is 9.59 Å². The van der Waals surface area contributed by atoms with Gasteiger partial charge in [0.25, 0.3) is 0 Å². The molecule has 1 heterocycles. The zero-order chi connectivity index (χ0) is 15.6. The Labute approximate surface area is 123 Å². The molecule has 1 aliphatic heterocycles. The first kappa shape index (κ1) is 15.2. The summed E-state index contributed by atoms with van der Waals surface area (Å²) in [4.78, 5) is 22.8. The molecule has 1 amide bonds. The SMILES string of the molecule is CC(C)(C)OC(=O)Nc1cccc2c1OCC(C(=O)O)C2. The number of hydrogen-bond donors (Lipinski definition) is 2. The number of anilines is 1. The van der Waals surface area contributed by atoms with Gasteiger partial charge in [-0.2, -0.15) is 0 Å². The summed E-state index contributed by atoms with van der Waals surface area (Å²) >= 11 is 0. The molecule has 1 aromatic carbocycles. The third-order valence-electron chi connectivity index (χ3n) is 2.98. The Bertz CT molecular complexity index is 562. The lowest BCUT2D eigenvalue weighted by atomic mass is 9.96. The topological polar surface area (TPSA) is 84.9 Å². The van der Waals surface area contributed by atoms with Crippen LogP contribution in [0.25, 0.3) is 0 Å². The molecule has 1 aliphatic rings. The zero-order valence-corrected chi connectivity index (χ0v) is 12.3. The molecule has 2 rings (SSSR count). The molecule has 0 radical (unpaired) electrons. The first-order valence-electron chi connectivity index (χ1n) is 6.74. The second kappa shape index (κ2) is 5.63. The standard InChI is InChI=1S/C15H19NO5/c1-15(2,3)21-14(19)16-11-6-4-5-9-7-10(13(17)18)8-20-12(9)11/h4-6,10H,7-8H2,1-3H3,(H,16,19)(H,17,18). The number of carboxylic acids is 1. The van der Waals surface area contributed by atoms with Crippen molar-refractivity contribution in [3.05, 3.63) is 23.8 Å².